The molecule has 0 radical (unpaired) electrons. The number of halogens is 1. The number of benzene rings is 2. The molecule has 164 valence electrons. The topological polar surface area (TPSA) is 60.4 Å². The van der Waals surface area contributed by atoms with Gasteiger partial charge in [-0.05, 0) is 57.4 Å². The summed E-state index contributed by atoms with van der Waals surface area (Å²) in [4.78, 5) is 7.11. The van der Waals surface area contributed by atoms with Crippen LogP contribution in [0.4, 0.5) is 11.5 Å². The number of nitrogens with one attached hydrogen (secondary N) is 2. The van der Waals surface area contributed by atoms with E-state index in [0.717, 1.165) is 53.4 Å². The van der Waals surface area contributed by atoms with E-state index in [1.165, 1.54) is 0 Å². The van der Waals surface area contributed by atoms with Crippen LogP contribution in [0.2, 0.25) is 5.02 Å². The number of pyridine rings is 1. The molecule has 1 saturated heterocycles. The van der Waals surface area contributed by atoms with Gasteiger partial charge in [0.05, 0.1) is 0 Å². The van der Waals surface area contributed by atoms with Gasteiger partial charge < -0.3 is 20.6 Å². The Bertz CT molecular complexity index is 1040. The summed E-state index contributed by atoms with van der Waals surface area (Å²) < 4.78 is 0. The van der Waals surface area contributed by atoms with Crippen molar-refractivity contribution in [1.29, 1.82) is 0 Å². The summed E-state index contributed by atoms with van der Waals surface area (Å²) >= 11 is 5.99. The molecule has 0 bridgehead atoms. The van der Waals surface area contributed by atoms with Crippen molar-refractivity contribution in [2.75, 3.05) is 23.3 Å². The Kier molecular flexibility index (Phi) is 6.26. The number of aromatic hydroxyl groups is 1. The monoisotopic (exact) mass is 438 g/mol. The van der Waals surface area contributed by atoms with Crippen LogP contribution >= 0.6 is 11.6 Å². The van der Waals surface area contributed by atoms with Gasteiger partial charge in [-0.25, -0.2) is 4.98 Å². The van der Waals surface area contributed by atoms with Gasteiger partial charge in [0.25, 0.3) is 0 Å². The highest BCUT2D eigenvalue weighted by molar-refractivity contribution is 6.30. The minimum Gasteiger partial charge on any atom is -0.506 e. The van der Waals surface area contributed by atoms with Crippen molar-refractivity contribution in [1.82, 2.24) is 10.3 Å². The van der Waals surface area contributed by atoms with E-state index < -0.39 is 0 Å². The molecule has 4 rings (SSSR count). The Morgan fingerprint density at radius 1 is 1.10 bits per heavy atom. The van der Waals surface area contributed by atoms with Crippen molar-refractivity contribution in [2.24, 2.45) is 0 Å². The molecule has 3 N–H and O–H groups in total. The lowest BCUT2D eigenvalue weighted by Crippen LogP contribution is -2.49. The number of phenols is 1. The molecule has 5 nitrogen and oxygen atoms in total. The minimum atomic E-state index is 0.126. The van der Waals surface area contributed by atoms with Gasteiger partial charge in [-0.2, -0.15) is 0 Å². The molecule has 1 aliphatic rings. The average molecular weight is 439 g/mol. The van der Waals surface area contributed by atoms with Crippen molar-refractivity contribution in [3.05, 3.63) is 59.1 Å². The van der Waals surface area contributed by atoms with Gasteiger partial charge in [-0.15, -0.1) is 0 Å². The van der Waals surface area contributed by atoms with Crippen LogP contribution in [-0.4, -0.2) is 34.8 Å². The van der Waals surface area contributed by atoms with Crippen LogP contribution in [0.1, 0.15) is 39.2 Å². The Morgan fingerprint density at radius 3 is 2.48 bits per heavy atom. The highest BCUT2D eigenvalue weighted by Crippen LogP contribution is 2.34. The Balaban J connectivity index is 1.57. The van der Waals surface area contributed by atoms with Crippen molar-refractivity contribution in [2.45, 2.75) is 51.7 Å². The smallest absolute Gasteiger partial charge is 0.141 e. The summed E-state index contributed by atoms with van der Waals surface area (Å²) in [6.45, 7) is 9.24. The fourth-order valence-corrected chi connectivity index (χ4v) is 4.37. The quantitative estimate of drug-likeness (QED) is 0.486. The van der Waals surface area contributed by atoms with E-state index in [0.29, 0.717) is 18.1 Å². The first-order valence-corrected chi connectivity index (χ1v) is 11.3. The van der Waals surface area contributed by atoms with Crippen LogP contribution in [0.15, 0.2) is 48.5 Å². The summed E-state index contributed by atoms with van der Waals surface area (Å²) in [5, 5.41) is 19.3. The molecule has 31 heavy (non-hydrogen) atoms. The summed E-state index contributed by atoms with van der Waals surface area (Å²) in [6.07, 6.45) is 2.18. The predicted octanol–water partition coefficient (Wildman–Crippen LogP) is 5.56. The lowest BCUT2D eigenvalue weighted by molar-refractivity contribution is 0.317. The van der Waals surface area contributed by atoms with E-state index in [2.05, 4.69) is 42.4 Å². The third kappa shape index (κ3) is 5.41. The van der Waals surface area contributed by atoms with Gasteiger partial charge >= 0.3 is 0 Å². The third-order valence-corrected chi connectivity index (χ3v) is 5.91. The van der Waals surface area contributed by atoms with Crippen molar-refractivity contribution in [3.8, 4) is 5.75 Å². The maximum Gasteiger partial charge on any atom is 0.141 e. The zero-order valence-corrected chi connectivity index (χ0v) is 19.2. The number of para-hydroxylation sites is 1. The fraction of sp³-hybridized carbons (Fsp3) is 0.400. The van der Waals surface area contributed by atoms with Gasteiger partial charge in [0.1, 0.15) is 17.1 Å². The number of rotatable bonds is 5. The Hall–Kier alpha value is -2.50. The molecule has 0 unspecified atom stereocenters. The van der Waals surface area contributed by atoms with Gasteiger partial charge in [0.15, 0.2) is 0 Å². The van der Waals surface area contributed by atoms with Gasteiger partial charge in [-0.3, -0.25) is 0 Å². The Labute approximate surface area is 189 Å². The molecule has 1 fully saturated rings. The summed E-state index contributed by atoms with van der Waals surface area (Å²) in [7, 11) is 0. The van der Waals surface area contributed by atoms with Gasteiger partial charge in [0.2, 0.25) is 0 Å². The van der Waals surface area contributed by atoms with E-state index in [9.17, 15) is 5.11 Å². The lowest BCUT2D eigenvalue weighted by Gasteiger charge is -2.37. The zero-order valence-electron chi connectivity index (χ0n) is 18.5. The van der Waals surface area contributed by atoms with E-state index in [1.807, 2.05) is 36.4 Å². The average Bonchev–Trinajstić information content (AvgIpc) is 2.73. The second kappa shape index (κ2) is 8.93. The fourth-order valence-electron chi connectivity index (χ4n) is 4.24. The number of aromatic nitrogens is 1. The molecule has 0 saturated carbocycles. The summed E-state index contributed by atoms with van der Waals surface area (Å²) in [6, 6.07) is 16.0. The summed E-state index contributed by atoms with van der Waals surface area (Å²) in [5.41, 5.74) is 3.00. The van der Waals surface area contributed by atoms with Crippen molar-refractivity contribution in [3.63, 3.8) is 0 Å². The summed E-state index contributed by atoms with van der Waals surface area (Å²) in [5.74, 6) is 0.965. The number of phenolic OH excluding ortho intramolecular Hbond substituents is 1. The van der Waals surface area contributed by atoms with Crippen LogP contribution in [0, 0.1) is 0 Å². The van der Waals surface area contributed by atoms with Crippen LogP contribution in [0.5, 0.6) is 5.75 Å². The van der Waals surface area contributed by atoms with Crippen molar-refractivity contribution >= 4 is 34.0 Å². The van der Waals surface area contributed by atoms with Gasteiger partial charge in [-0.1, -0.05) is 35.9 Å². The highest BCUT2D eigenvalue weighted by Gasteiger charge is 2.24. The number of fused-ring (bicyclic) bond motifs is 1. The maximum absolute atomic E-state index is 10.5. The molecule has 1 aliphatic heterocycles. The van der Waals surface area contributed by atoms with E-state index in [1.54, 1.807) is 6.07 Å². The first-order valence-electron chi connectivity index (χ1n) is 10.9. The lowest BCUT2D eigenvalue weighted by atomic mass is 9.99. The maximum atomic E-state index is 10.5. The molecule has 2 aromatic carbocycles. The number of hydrogen-bond acceptors (Lipinski definition) is 5. The van der Waals surface area contributed by atoms with Crippen LogP contribution < -0.4 is 15.5 Å². The second-order valence-corrected chi connectivity index (χ2v) is 9.77. The highest BCUT2D eigenvalue weighted by atomic mass is 35.5. The molecule has 6 heteroatoms. The molecular weight excluding hydrogens is 408 g/mol. The molecule has 0 aliphatic carbocycles. The largest absolute Gasteiger partial charge is 0.506 e. The SMILES string of the molecule is CC(C)(C)NC1CCN(c2cc(NCc3ccc(Cl)cc3)nc3c(O)cccc23)CC1. The zero-order chi connectivity index (χ0) is 22.0. The van der Waals surface area contributed by atoms with Gasteiger partial charge in [0, 0.05) is 53.4 Å². The van der Waals surface area contributed by atoms with E-state index >= 15 is 0 Å². The van der Waals surface area contributed by atoms with Crippen LogP contribution in [0.3, 0.4) is 0 Å². The molecule has 2 heterocycles. The van der Waals surface area contributed by atoms with Crippen LogP contribution in [0.25, 0.3) is 10.9 Å². The molecule has 0 amide bonds. The normalized spacial score (nSPS) is 15.4. The number of hydrogen-bond donors (Lipinski definition) is 3. The molecule has 1 aromatic heterocycles. The second-order valence-electron chi connectivity index (χ2n) is 9.34. The van der Waals surface area contributed by atoms with E-state index in [-0.39, 0.29) is 11.3 Å². The minimum absolute atomic E-state index is 0.126. The first kappa shape index (κ1) is 21.7. The predicted molar refractivity (Wildman–Crippen MR) is 130 cm³/mol. The van der Waals surface area contributed by atoms with Crippen LogP contribution in [-0.2, 0) is 6.54 Å². The molecule has 3 aromatic rings. The van der Waals surface area contributed by atoms with Crippen molar-refractivity contribution < 1.29 is 5.11 Å². The third-order valence-electron chi connectivity index (χ3n) is 5.66. The first-order chi connectivity index (χ1) is 14.8. The molecule has 0 spiro atoms. The Morgan fingerprint density at radius 2 is 1.81 bits per heavy atom. The number of nitrogens with zero attached hydrogens (tertiary/aromatic N) is 2. The molecular formula is C25H31ClN4O. The number of piperidine rings is 1. The molecule has 0 atom stereocenters. The van der Waals surface area contributed by atoms with E-state index in [4.69, 9.17) is 16.6 Å². The number of anilines is 2. The standard InChI is InChI=1S/C25H31ClN4O/c1-25(2,3)29-19-11-13-30(14-12-19)21-15-23(27-16-17-7-9-18(26)10-8-17)28-24-20(21)5-4-6-22(24)31/h4-10,15,19,29,31H,11-14,16H2,1-3H3,(H,27,28).